The van der Waals surface area contributed by atoms with E-state index in [1.807, 2.05) is 12.1 Å². The Morgan fingerprint density at radius 3 is 2.68 bits per heavy atom. The first-order valence-electron chi connectivity index (χ1n) is 8.97. The van der Waals surface area contributed by atoms with E-state index < -0.39 is 0 Å². The third kappa shape index (κ3) is 3.07. The topological polar surface area (TPSA) is 44.9 Å². The zero-order chi connectivity index (χ0) is 17.4. The van der Waals surface area contributed by atoms with Crippen molar-refractivity contribution in [2.75, 3.05) is 6.54 Å². The number of amides is 1. The average Bonchev–Trinajstić information content (AvgIpc) is 3.28. The molecule has 1 saturated carbocycles. The smallest absolute Gasteiger partial charge is 0.224 e. The number of carbonyl (C=O) groups excluding carboxylic acids is 1. The molecule has 1 aliphatic carbocycles. The van der Waals surface area contributed by atoms with Crippen molar-refractivity contribution in [2.45, 2.75) is 38.5 Å². The fourth-order valence-electron chi connectivity index (χ4n) is 3.96. The number of benzene rings is 2. The van der Waals surface area contributed by atoms with Crippen LogP contribution in [0.1, 0.15) is 35.2 Å². The highest BCUT2D eigenvalue weighted by molar-refractivity contribution is 5.86. The molecule has 0 radical (unpaired) electrons. The van der Waals surface area contributed by atoms with E-state index in [0.717, 1.165) is 24.9 Å². The van der Waals surface area contributed by atoms with Crippen LogP contribution in [0.25, 0.3) is 10.9 Å². The van der Waals surface area contributed by atoms with Gasteiger partial charge in [0.05, 0.1) is 6.42 Å². The minimum absolute atomic E-state index is 0.103. The number of para-hydroxylation sites is 1. The second-order valence-corrected chi connectivity index (χ2v) is 7.39. The molecule has 2 aromatic carbocycles. The van der Waals surface area contributed by atoms with Crippen LogP contribution >= 0.6 is 0 Å². The molecular formula is C22H24N2O. The summed E-state index contributed by atoms with van der Waals surface area (Å²) < 4.78 is 0. The monoisotopic (exact) mass is 332 g/mol. The van der Waals surface area contributed by atoms with Crippen molar-refractivity contribution in [3.63, 3.8) is 0 Å². The van der Waals surface area contributed by atoms with Gasteiger partial charge in [-0.15, -0.1) is 0 Å². The number of aromatic nitrogens is 1. The molecule has 1 aromatic heterocycles. The molecule has 4 rings (SSSR count). The number of carbonyl (C=O) groups is 1. The number of aromatic amines is 1. The first kappa shape index (κ1) is 15.9. The van der Waals surface area contributed by atoms with Gasteiger partial charge in [-0.25, -0.2) is 0 Å². The van der Waals surface area contributed by atoms with Gasteiger partial charge in [0, 0.05) is 28.6 Å². The number of H-pyrrole nitrogens is 1. The van der Waals surface area contributed by atoms with E-state index >= 15 is 0 Å². The normalized spacial score (nSPS) is 15.3. The molecule has 3 heteroatoms. The second-order valence-electron chi connectivity index (χ2n) is 7.39. The third-order valence-corrected chi connectivity index (χ3v) is 5.35. The summed E-state index contributed by atoms with van der Waals surface area (Å²) in [6.07, 6.45) is 2.73. The molecule has 3 aromatic rings. The molecule has 1 amide bonds. The van der Waals surface area contributed by atoms with Gasteiger partial charge >= 0.3 is 0 Å². The lowest BCUT2D eigenvalue weighted by Crippen LogP contribution is -2.33. The number of nitrogens with one attached hydrogen (secondary N) is 2. The van der Waals surface area contributed by atoms with Crippen LogP contribution in [0.3, 0.4) is 0 Å². The Hall–Kier alpha value is -2.55. The summed E-state index contributed by atoms with van der Waals surface area (Å²) in [7, 11) is 0. The number of aryl methyl sites for hydroxylation is 2. The SMILES string of the molecule is Cc1cccc(CC(=O)NCC2(c3c(C)[nH]c4ccccc34)CC2)c1. The summed E-state index contributed by atoms with van der Waals surface area (Å²) in [5.74, 6) is 0.106. The van der Waals surface area contributed by atoms with Crippen LogP contribution in [0.2, 0.25) is 0 Å². The summed E-state index contributed by atoms with van der Waals surface area (Å²) in [6.45, 7) is 4.92. The van der Waals surface area contributed by atoms with Crippen molar-refractivity contribution >= 4 is 16.8 Å². The van der Waals surface area contributed by atoms with E-state index in [-0.39, 0.29) is 11.3 Å². The van der Waals surface area contributed by atoms with Gasteiger partial charge in [0.25, 0.3) is 0 Å². The van der Waals surface area contributed by atoms with Gasteiger partial charge in [0.2, 0.25) is 5.91 Å². The van der Waals surface area contributed by atoms with Gasteiger partial charge in [0.15, 0.2) is 0 Å². The lowest BCUT2D eigenvalue weighted by molar-refractivity contribution is -0.120. The third-order valence-electron chi connectivity index (χ3n) is 5.35. The molecule has 0 unspecified atom stereocenters. The minimum Gasteiger partial charge on any atom is -0.358 e. The Bertz CT molecular complexity index is 934. The van der Waals surface area contributed by atoms with Gasteiger partial charge in [0.1, 0.15) is 0 Å². The van der Waals surface area contributed by atoms with Crippen LogP contribution in [0, 0.1) is 13.8 Å². The molecule has 25 heavy (non-hydrogen) atoms. The number of hydrogen-bond acceptors (Lipinski definition) is 1. The molecule has 1 aliphatic rings. The zero-order valence-electron chi connectivity index (χ0n) is 14.9. The van der Waals surface area contributed by atoms with E-state index in [1.54, 1.807) is 0 Å². The number of rotatable bonds is 5. The maximum Gasteiger partial charge on any atom is 0.224 e. The van der Waals surface area contributed by atoms with Gasteiger partial charge in [-0.3, -0.25) is 4.79 Å². The average molecular weight is 332 g/mol. The van der Waals surface area contributed by atoms with E-state index in [2.05, 4.69) is 60.5 Å². The Morgan fingerprint density at radius 1 is 1.12 bits per heavy atom. The van der Waals surface area contributed by atoms with Crippen LogP contribution in [0.5, 0.6) is 0 Å². The van der Waals surface area contributed by atoms with E-state index in [1.165, 1.54) is 27.7 Å². The molecule has 0 aliphatic heterocycles. The molecule has 0 spiro atoms. The van der Waals surface area contributed by atoms with Crippen LogP contribution < -0.4 is 5.32 Å². The first-order valence-corrected chi connectivity index (χ1v) is 8.97. The van der Waals surface area contributed by atoms with E-state index in [0.29, 0.717) is 6.42 Å². The van der Waals surface area contributed by atoms with E-state index in [9.17, 15) is 4.79 Å². The molecule has 128 valence electrons. The van der Waals surface area contributed by atoms with Gasteiger partial charge in [-0.05, 0) is 43.9 Å². The fourth-order valence-corrected chi connectivity index (χ4v) is 3.96. The Labute approximate surface area is 148 Å². The van der Waals surface area contributed by atoms with Crippen molar-refractivity contribution in [3.8, 4) is 0 Å². The van der Waals surface area contributed by atoms with Crippen molar-refractivity contribution in [1.82, 2.24) is 10.3 Å². The molecule has 3 nitrogen and oxygen atoms in total. The summed E-state index contributed by atoms with van der Waals surface area (Å²) in [5, 5.41) is 4.48. The van der Waals surface area contributed by atoms with Crippen LogP contribution in [-0.2, 0) is 16.6 Å². The number of hydrogen-bond donors (Lipinski definition) is 2. The van der Waals surface area contributed by atoms with Gasteiger partial charge in [-0.2, -0.15) is 0 Å². The quantitative estimate of drug-likeness (QED) is 0.723. The second kappa shape index (κ2) is 6.07. The predicted octanol–water partition coefficient (Wildman–Crippen LogP) is 4.18. The van der Waals surface area contributed by atoms with Gasteiger partial charge < -0.3 is 10.3 Å². The van der Waals surface area contributed by atoms with Crippen LogP contribution in [-0.4, -0.2) is 17.4 Å². The molecule has 1 fully saturated rings. The highest BCUT2D eigenvalue weighted by Gasteiger charge is 2.46. The van der Waals surface area contributed by atoms with Crippen LogP contribution in [0.15, 0.2) is 48.5 Å². The first-order chi connectivity index (χ1) is 12.1. The Balaban J connectivity index is 1.49. The molecular weight excluding hydrogens is 308 g/mol. The van der Waals surface area contributed by atoms with Crippen molar-refractivity contribution in [1.29, 1.82) is 0 Å². The van der Waals surface area contributed by atoms with Gasteiger partial charge in [-0.1, -0.05) is 48.0 Å². The minimum atomic E-state index is 0.103. The summed E-state index contributed by atoms with van der Waals surface area (Å²) >= 11 is 0. The lowest BCUT2D eigenvalue weighted by atomic mass is 9.93. The number of fused-ring (bicyclic) bond motifs is 1. The largest absolute Gasteiger partial charge is 0.358 e. The van der Waals surface area contributed by atoms with Crippen molar-refractivity contribution in [2.24, 2.45) is 0 Å². The summed E-state index contributed by atoms with van der Waals surface area (Å²) in [6, 6.07) is 16.6. The standard InChI is InChI=1S/C22H24N2O/c1-15-6-5-7-17(12-15)13-20(25)23-14-22(10-11-22)21-16(2)24-19-9-4-3-8-18(19)21/h3-9,12,24H,10-11,13-14H2,1-2H3,(H,23,25). The molecule has 0 atom stereocenters. The highest BCUT2D eigenvalue weighted by atomic mass is 16.1. The van der Waals surface area contributed by atoms with Crippen LogP contribution in [0.4, 0.5) is 0 Å². The summed E-state index contributed by atoms with van der Waals surface area (Å²) in [5.41, 5.74) is 6.17. The zero-order valence-corrected chi connectivity index (χ0v) is 14.9. The molecule has 0 bridgehead atoms. The van der Waals surface area contributed by atoms with Crippen molar-refractivity contribution < 1.29 is 4.79 Å². The fraction of sp³-hybridized carbons (Fsp3) is 0.318. The van der Waals surface area contributed by atoms with E-state index in [4.69, 9.17) is 0 Å². The molecule has 2 N–H and O–H groups in total. The Morgan fingerprint density at radius 2 is 1.92 bits per heavy atom. The Kier molecular flexibility index (Phi) is 3.87. The predicted molar refractivity (Wildman–Crippen MR) is 102 cm³/mol. The molecule has 0 saturated heterocycles. The summed E-state index contributed by atoms with van der Waals surface area (Å²) in [4.78, 5) is 15.9. The maximum absolute atomic E-state index is 12.4. The van der Waals surface area contributed by atoms with Crippen molar-refractivity contribution in [3.05, 3.63) is 70.9 Å². The highest BCUT2D eigenvalue weighted by Crippen LogP contribution is 2.51. The lowest BCUT2D eigenvalue weighted by Gasteiger charge is -2.17. The maximum atomic E-state index is 12.4. The molecule has 1 heterocycles.